The second-order valence-electron chi connectivity index (χ2n) is 2.29. The molecule has 1 saturated carbocycles. The van der Waals surface area contributed by atoms with Gasteiger partial charge in [0.05, 0.1) is 0 Å². The van der Waals surface area contributed by atoms with Crippen molar-refractivity contribution in [1.82, 2.24) is 4.90 Å². The van der Waals surface area contributed by atoms with Crippen LogP contribution in [-0.2, 0) is 4.79 Å². The molecule has 0 spiro atoms. The van der Waals surface area contributed by atoms with Crippen molar-refractivity contribution in [3.63, 3.8) is 0 Å². The Morgan fingerprint density at radius 2 is 2.33 bits per heavy atom. The lowest BCUT2D eigenvalue weighted by atomic mass is 10.5. The molecule has 0 atom stereocenters. The minimum Gasteiger partial charge on any atom is -0.332 e. The molecule has 1 rings (SSSR count). The minimum atomic E-state index is -0.197. The monoisotopic (exact) mass is 123 g/mol. The van der Waals surface area contributed by atoms with E-state index in [0.29, 0.717) is 6.04 Å². The number of terminal acetylenes is 1. The molecule has 9 heavy (non-hydrogen) atoms. The van der Waals surface area contributed by atoms with E-state index in [1.165, 1.54) is 0 Å². The second-order valence-corrected chi connectivity index (χ2v) is 2.29. The van der Waals surface area contributed by atoms with Gasteiger partial charge in [-0.25, -0.2) is 0 Å². The van der Waals surface area contributed by atoms with E-state index in [4.69, 9.17) is 6.42 Å². The lowest BCUT2D eigenvalue weighted by molar-refractivity contribution is -0.124. The van der Waals surface area contributed by atoms with Gasteiger partial charge in [0.25, 0.3) is 5.91 Å². The number of hydrogen-bond acceptors (Lipinski definition) is 1. The Morgan fingerprint density at radius 3 is 2.67 bits per heavy atom. The Hall–Kier alpha value is -0.970. The van der Waals surface area contributed by atoms with Crippen LogP contribution in [0.4, 0.5) is 0 Å². The molecule has 48 valence electrons. The highest BCUT2D eigenvalue weighted by Crippen LogP contribution is 2.24. The molecule has 0 heterocycles. The highest BCUT2D eigenvalue weighted by atomic mass is 16.2. The smallest absolute Gasteiger partial charge is 0.298 e. The van der Waals surface area contributed by atoms with Gasteiger partial charge in [0.15, 0.2) is 0 Å². The third-order valence-electron chi connectivity index (χ3n) is 1.54. The molecule has 1 aliphatic carbocycles. The Morgan fingerprint density at radius 1 is 1.78 bits per heavy atom. The zero-order chi connectivity index (χ0) is 6.85. The maximum atomic E-state index is 10.7. The lowest BCUT2D eigenvalue weighted by Gasteiger charge is -2.10. The van der Waals surface area contributed by atoms with Crippen LogP contribution in [0.3, 0.4) is 0 Å². The maximum absolute atomic E-state index is 10.7. The number of nitrogens with zero attached hydrogens (tertiary/aromatic N) is 1. The molecule has 0 aliphatic heterocycles. The SMILES string of the molecule is C#CC(=O)N(C)C1CC1. The van der Waals surface area contributed by atoms with Gasteiger partial charge in [0.1, 0.15) is 0 Å². The molecule has 0 N–H and O–H groups in total. The first-order valence-electron chi connectivity index (χ1n) is 2.99. The van der Waals surface area contributed by atoms with Crippen molar-refractivity contribution < 1.29 is 4.79 Å². The summed E-state index contributed by atoms with van der Waals surface area (Å²) in [6.07, 6.45) is 7.13. The molecule has 2 heteroatoms. The Kier molecular flexibility index (Phi) is 1.44. The summed E-state index contributed by atoms with van der Waals surface area (Å²) < 4.78 is 0. The average Bonchev–Trinajstić information content (AvgIpc) is 2.66. The van der Waals surface area contributed by atoms with Crippen LogP contribution in [0.15, 0.2) is 0 Å². The molecule has 0 radical (unpaired) electrons. The fourth-order valence-electron chi connectivity index (χ4n) is 0.729. The zero-order valence-electron chi connectivity index (χ0n) is 5.42. The van der Waals surface area contributed by atoms with E-state index in [1.807, 2.05) is 0 Å². The van der Waals surface area contributed by atoms with Crippen molar-refractivity contribution in [2.45, 2.75) is 18.9 Å². The number of carbonyl (C=O) groups is 1. The van der Waals surface area contributed by atoms with E-state index in [9.17, 15) is 4.79 Å². The summed E-state index contributed by atoms with van der Waals surface area (Å²) in [6.45, 7) is 0. The van der Waals surface area contributed by atoms with E-state index < -0.39 is 0 Å². The first-order chi connectivity index (χ1) is 4.25. The van der Waals surface area contributed by atoms with Gasteiger partial charge in [0, 0.05) is 13.1 Å². The Balaban J connectivity index is 2.42. The lowest BCUT2D eigenvalue weighted by Crippen LogP contribution is -2.26. The number of hydrogen-bond donors (Lipinski definition) is 0. The van der Waals surface area contributed by atoms with Gasteiger partial charge in [0.2, 0.25) is 0 Å². The third kappa shape index (κ3) is 1.23. The largest absolute Gasteiger partial charge is 0.332 e. The van der Waals surface area contributed by atoms with Crippen molar-refractivity contribution in [1.29, 1.82) is 0 Å². The molecule has 0 aromatic carbocycles. The predicted molar refractivity (Wildman–Crippen MR) is 34.6 cm³/mol. The molecule has 1 amide bonds. The van der Waals surface area contributed by atoms with E-state index in [-0.39, 0.29) is 5.91 Å². The van der Waals surface area contributed by atoms with Crippen molar-refractivity contribution in [3.05, 3.63) is 0 Å². The summed E-state index contributed by atoms with van der Waals surface area (Å²) >= 11 is 0. The zero-order valence-corrected chi connectivity index (χ0v) is 5.42. The van der Waals surface area contributed by atoms with E-state index >= 15 is 0 Å². The van der Waals surface area contributed by atoms with E-state index in [0.717, 1.165) is 12.8 Å². The molecule has 1 aliphatic rings. The molecular weight excluding hydrogens is 114 g/mol. The molecule has 0 aromatic heterocycles. The maximum Gasteiger partial charge on any atom is 0.298 e. The van der Waals surface area contributed by atoms with Crippen LogP contribution in [0.1, 0.15) is 12.8 Å². The van der Waals surface area contributed by atoms with Crippen LogP contribution in [-0.4, -0.2) is 23.9 Å². The molecule has 0 bridgehead atoms. The van der Waals surface area contributed by atoms with Gasteiger partial charge < -0.3 is 4.90 Å². The molecule has 0 unspecified atom stereocenters. The van der Waals surface area contributed by atoms with Crippen LogP contribution in [0.5, 0.6) is 0 Å². The first kappa shape index (κ1) is 6.15. The Labute approximate surface area is 54.8 Å². The van der Waals surface area contributed by atoms with E-state index in [2.05, 4.69) is 5.92 Å². The van der Waals surface area contributed by atoms with Gasteiger partial charge in [-0.2, -0.15) is 0 Å². The van der Waals surface area contributed by atoms with Gasteiger partial charge in [-0.3, -0.25) is 4.79 Å². The molecular formula is C7H9NO. The summed E-state index contributed by atoms with van der Waals surface area (Å²) in [4.78, 5) is 12.3. The fraction of sp³-hybridized carbons (Fsp3) is 0.571. The van der Waals surface area contributed by atoms with Crippen molar-refractivity contribution in [2.75, 3.05) is 7.05 Å². The average molecular weight is 123 g/mol. The summed E-state index contributed by atoms with van der Waals surface area (Å²) in [5.74, 6) is 1.88. The highest BCUT2D eigenvalue weighted by Gasteiger charge is 2.28. The third-order valence-corrected chi connectivity index (χ3v) is 1.54. The quantitative estimate of drug-likeness (QED) is 0.457. The van der Waals surface area contributed by atoms with Crippen LogP contribution in [0, 0.1) is 12.3 Å². The van der Waals surface area contributed by atoms with Crippen LogP contribution in [0.25, 0.3) is 0 Å². The standard InChI is InChI=1S/C7H9NO/c1-3-7(9)8(2)6-4-5-6/h1,6H,4-5H2,2H3. The van der Waals surface area contributed by atoms with Gasteiger partial charge in [-0.15, -0.1) is 6.42 Å². The van der Waals surface area contributed by atoms with Crippen molar-refractivity contribution in [2.24, 2.45) is 0 Å². The topological polar surface area (TPSA) is 20.3 Å². The summed E-state index contributed by atoms with van der Waals surface area (Å²) in [6, 6.07) is 0.438. The molecule has 0 aromatic rings. The molecule has 0 saturated heterocycles. The van der Waals surface area contributed by atoms with Crippen LogP contribution in [0.2, 0.25) is 0 Å². The summed E-state index contributed by atoms with van der Waals surface area (Å²) in [5, 5.41) is 0. The van der Waals surface area contributed by atoms with Crippen LogP contribution >= 0.6 is 0 Å². The minimum absolute atomic E-state index is 0.197. The molecule has 1 fully saturated rings. The van der Waals surface area contributed by atoms with Gasteiger partial charge in [-0.05, 0) is 18.8 Å². The first-order valence-corrected chi connectivity index (χ1v) is 2.99. The van der Waals surface area contributed by atoms with Crippen molar-refractivity contribution >= 4 is 5.91 Å². The van der Waals surface area contributed by atoms with Crippen molar-refractivity contribution in [3.8, 4) is 12.3 Å². The summed E-state index contributed by atoms with van der Waals surface area (Å²) in [7, 11) is 1.75. The van der Waals surface area contributed by atoms with Gasteiger partial charge >= 0.3 is 0 Å². The fourth-order valence-corrected chi connectivity index (χ4v) is 0.729. The van der Waals surface area contributed by atoms with E-state index in [1.54, 1.807) is 11.9 Å². The number of carbonyl (C=O) groups excluding carboxylic acids is 1. The molecule has 2 nitrogen and oxygen atoms in total. The Bertz CT molecular complexity index is 164. The van der Waals surface area contributed by atoms with Gasteiger partial charge in [-0.1, -0.05) is 0 Å². The summed E-state index contributed by atoms with van der Waals surface area (Å²) in [5.41, 5.74) is 0. The second kappa shape index (κ2) is 2.10. The highest BCUT2D eigenvalue weighted by molar-refractivity contribution is 5.93. The normalized spacial score (nSPS) is 16.4. The number of rotatable bonds is 1. The number of amides is 1. The predicted octanol–water partition coefficient (Wildman–Crippen LogP) is 0.240. The van der Waals surface area contributed by atoms with Crippen LogP contribution < -0.4 is 0 Å².